The number of fused-ring (bicyclic) bond motifs is 1. The number of benzene rings is 2. The molecule has 2 aromatic carbocycles. The Labute approximate surface area is 197 Å². The first-order chi connectivity index (χ1) is 16.1. The average molecular weight is 493 g/mol. The fourth-order valence-corrected chi connectivity index (χ4v) is 3.96. The Balaban J connectivity index is 1.38. The summed E-state index contributed by atoms with van der Waals surface area (Å²) in [6.07, 6.45) is -2.57. The predicted octanol–water partition coefficient (Wildman–Crippen LogP) is 5.28. The molecule has 0 saturated heterocycles. The lowest BCUT2D eigenvalue weighted by atomic mass is 10.1. The SMILES string of the molecule is C[C@@H]1Cc2ccccc2N1Cc1cc(=O)c(OCC(=O)Nc2cc(C(F)(F)F)ccc2Cl)co1. The number of halogens is 4. The summed E-state index contributed by atoms with van der Waals surface area (Å²) < 4.78 is 49.4. The van der Waals surface area contributed by atoms with E-state index in [2.05, 4.69) is 23.2 Å². The molecule has 0 fully saturated rings. The van der Waals surface area contributed by atoms with Crippen LogP contribution in [0.2, 0.25) is 5.02 Å². The number of carbonyl (C=O) groups is 1. The van der Waals surface area contributed by atoms with Crippen LogP contribution in [0.5, 0.6) is 5.75 Å². The smallest absolute Gasteiger partial charge is 0.416 e. The minimum atomic E-state index is -4.59. The summed E-state index contributed by atoms with van der Waals surface area (Å²) in [5.41, 5.74) is 0.658. The number of hydrogen-bond donors (Lipinski definition) is 1. The van der Waals surface area contributed by atoms with Gasteiger partial charge < -0.3 is 19.4 Å². The Morgan fingerprint density at radius 2 is 2.00 bits per heavy atom. The number of nitrogens with one attached hydrogen (secondary N) is 1. The summed E-state index contributed by atoms with van der Waals surface area (Å²) in [4.78, 5) is 26.7. The van der Waals surface area contributed by atoms with E-state index in [9.17, 15) is 22.8 Å². The summed E-state index contributed by atoms with van der Waals surface area (Å²) in [5.74, 6) is -0.544. The van der Waals surface area contributed by atoms with Gasteiger partial charge in [0, 0.05) is 17.8 Å². The van der Waals surface area contributed by atoms with Crippen LogP contribution in [0, 0.1) is 0 Å². The van der Waals surface area contributed by atoms with Crippen molar-refractivity contribution in [1.82, 2.24) is 0 Å². The second-order valence-electron chi connectivity index (χ2n) is 7.91. The fraction of sp³-hybridized carbons (Fsp3) is 0.250. The molecule has 34 heavy (non-hydrogen) atoms. The third-order valence-corrected chi connectivity index (χ3v) is 5.78. The molecule has 3 aromatic rings. The molecule has 178 valence electrons. The van der Waals surface area contributed by atoms with E-state index in [4.69, 9.17) is 20.8 Å². The van der Waals surface area contributed by atoms with Gasteiger partial charge in [-0.15, -0.1) is 0 Å². The molecule has 1 atom stereocenters. The summed E-state index contributed by atoms with van der Waals surface area (Å²) in [6.45, 7) is 1.86. The Hall–Kier alpha value is -3.46. The zero-order chi connectivity index (χ0) is 24.5. The highest BCUT2D eigenvalue weighted by Gasteiger charge is 2.31. The molecule has 0 unspecified atom stereocenters. The summed E-state index contributed by atoms with van der Waals surface area (Å²) in [6, 6.07) is 12.1. The highest BCUT2D eigenvalue weighted by molar-refractivity contribution is 6.33. The van der Waals surface area contributed by atoms with Crippen molar-refractivity contribution in [2.75, 3.05) is 16.8 Å². The Kier molecular flexibility index (Phi) is 6.56. The lowest BCUT2D eigenvalue weighted by Gasteiger charge is -2.24. The fourth-order valence-electron chi connectivity index (χ4n) is 3.79. The number of ether oxygens (including phenoxy) is 1. The van der Waals surface area contributed by atoms with Gasteiger partial charge in [-0.25, -0.2) is 0 Å². The van der Waals surface area contributed by atoms with Crippen LogP contribution in [0.15, 0.2) is 64.0 Å². The molecule has 1 N–H and O–H groups in total. The molecule has 1 aliphatic heterocycles. The summed E-state index contributed by atoms with van der Waals surface area (Å²) in [5, 5.41) is 2.18. The van der Waals surface area contributed by atoms with Gasteiger partial charge in [0.15, 0.2) is 6.61 Å². The normalized spacial score (nSPS) is 15.2. The lowest BCUT2D eigenvalue weighted by Crippen LogP contribution is -2.29. The molecule has 0 saturated carbocycles. The van der Waals surface area contributed by atoms with Gasteiger partial charge in [-0.1, -0.05) is 29.8 Å². The van der Waals surface area contributed by atoms with E-state index in [-0.39, 0.29) is 22.5 Å². The molecule has 6 nitrogen and oxygen atoms in total. The molecule has 0 radical (unpaired) electrons. The summed E-state index contributed by atoms with van der Waals surface area (Å²) in [7, 11) is 0. The zero-order valence-corrected chi connectivity index (χ0v) is 18.7. The molecule has 1 aromatic heterocycles. The van der Waals surface area contributed by atoms with E-state index in [1.165, 1.54) is 11.6 Å². The highest BCUT2D eigenvalue weighted by Crippen LogP contribution is 2.34. The van der Waals surface area contributed by atoms with Gasteiger partial charge in [-0.3, -0.25) is 9.59 Å². The van der Waals surface area contributed by atoms with Crippen molar-refractivity contribution >= 4 is 28.9 Å². The maximum Gasteiger partial charge on any atom is 0.416 e. The highest BCUT2D eigenvalue weighted by atomic mass is 35.5. The van der Waals surface area contributed by atoms with Crippen LogP contribution >= 0.6 is 11.6 Å². The maximum absolute atomic E-state index is 12.9. The molecular weight excluding hydrogens is 473 g/mol. The van der Waals surface area contributed by atoms with Crippen LogP contribution in [-0.2, 0) is 23.9 Å². The van der Waals surface area contributed by atoms with Gasteiger partial charge in [0.05, 0.1) is 22.8 Å². The number of nitrogens with zero attached hydrogens (tertiary/aromatic N) is 1. The number of rotatable bonds is 6. The van der Waals surface area contributed by atoms with E-state index in [0.717, 1.165) is 36.6 Å². The number of hydrogen-bond acceptors (Lipinski definition) is 5. The second kappa shape index (κ2) is 9.42. The summed E-state index contributed by atoms with van der Waals surface area (Å²) >= 11 is 5.87. The van der Waals surface area contributed by atoms with Crippen molar-refractivity contribution in [3.8, 4) is 5.75 Å². The van der Waals surface area contributed by atoms with Crippen LogP contribution < -0.4 is 20.4 Å². The van der Waals surface area contributed by atoms with E-state index in [0.29, 0.717) is 12.3 Å². The monoisotopic (exact) mass is 492 g/mol. The first-order valence-corrected chi connectivity index (χ1v) is 10.8. The van der Waals surface area contributed by atoms with Crippen LogP contribution in [0.25, 0.3) is 0 Å². The van der Waals surface area contributed by atoms with Crippen molar-refractivity contribution in [3.63, 3.8) is 0 Å². The first-order valence-electron chi connectivity index (χ1n) is 10.4. The van der Waals surface area contributed by atoms with E-state index >= 15 is 0 Å². The van der Waals surface area contributed by atoms with Crippen LogP contribution in [0.1, 0.15) is 23.8 Å². The second-order valence-corrected chi connectivity index (χ2v) is 8.32. The number of carbonyl (C=O) groups excluding carboxylic acids is 1. The minimum absolute atomic E-state index is 0.0667. The number of anilines is 2. The van der Waals surface area contributed by atoms with Gasteiger partial charge in [0.1, 0.15) is 12.0 Å². The quantitative estimate of drug-likeness (QED) is 0.507. The average Bonchev–Trinajstić information content (AvgIpc) is 3.09. The number of amides is 1. The predicted molar refractivity (Wildman–Crippen MR) is 121 cm³/mol. The van der Waals surface area contributed by atoms with Gasteiger partial charge in [0.25, 0.3) is 5.91 Å². The molecule has 0 spiro atoms. The topological polar surface area (TPSA) is 71.8 Å². The van der Waals surface area contributed by atoms with Crippen molar-refractivity contribution < 1.29 is 27.1 Å². The lowest BCUT2D eigenvalue weighted by molar-refractivity contribution is -0.137. The van der Waals surface area contributed by atoms with E-state index in [1.54, 1.807) is 0 Å². The molecule has 0 bridgehead atoms. The number of alkyl halides is 3. The molecule has 4 rings (SSSR count). The van der Waals surface area contributed by atoms with Crippen molar-refractivity contribution in [2.24, 2.45) is 0 Å². The van der Waals surface area contributed by atoms with E-state index < -0.39 is 29.7 Å². The molecule has 1 amide bonds. The molecular formula is C24H20ClF3N2O4. The van der Waals surface area contributed by atoms with Crippen LogP contribution in [-0.4, -0.2) is 18.6 Å². The number of para-hydroxylation sites is 1. The standard InChI is InChI=1S/C24H20ClF3N2O4/c1-14-8-15-4-2-3-5-20(15)30(14)11-17-10-21(31)22(12-33-17)34-13-23(32)29-19-9-16(24(26,27)28)6-7-18(19)25/h2-7,9-10,12,14H,8,11,13H2,1H3,(H,29,32)/t14-/m1/s1. The van der Waals surface area contributed by atoms with Crippen molar-refractivity contribution in [3.05, 3.63) is 86.9 Å². The maximum atomic E-state index is 12.9. The Morgan fingerprint density at radius 1 is 1.24 bits per heavy atom. The van der Waals surface area contributed by atoms with Gasteiger partial charge >= 0.3 is 6.18 Å². The van der Waals surface area contributed by atoms with E-state index in [1.807, 2.05) is 18.2 Å². The van der Waals surface area contributed by atoms with Crippen molar-refractivity contribution in [2.45, 2.75) is 32.1 Å². The minimum Gasteiger partial charge on any atom is -0.477 e. The third kappa shape index (κ3) is 5.20. The molecule has 1 aliphatic rings. The zero-order valence-electron chi connectivity index (χ0n) is 18.0. The molecule has 0 aliphatic carbocycles. The molecule has 10 heteroatoms. The molecule has 2 heterocycles. The largest absolute Gasteiger partial charge is 0.477 e. The first kappa shape index (κ1) is 23.7. The van der Waals surface area contributed by atoms with Gasteiger partial charge in [0.2, 0.25) is 11.2 Å². The van der Waals surface area contributed by atoms with Crippen LogP contribution in [0.3, 0.4) is 0 Å². The van der Waals surface area contributed by atoms with Gasteiger partial charge in [-0.05, 0) is 43.2 Å². The Bertz CT molecular complexity index is 1280. The van der Waals surface area contributed by atoms with Gasteiger partial charge in [-0.2, -0.15) is 13.2 Å². The Morgan fingerprint density at radius 3 is 2.74 bits per heavy atom. The third-order valence-electron chi connectivity index (χ3n) is 5.45. The van der Waals surface area contributed by atoms with Crippen LogP contribution in [0.4, 0.5) is 24.5 Å². The van der Waals surface area contributed by atoms with Crippen molar-refractivity contribution in [1.29, 1.82) is 0 Å².